The van der Waals surface area contributed by atoms with Crippen LogP contribution >= 0.6 is 0 Å². The molecule has 3 heterocycles. The van der Waals surface area contributed by atoms with Crippen molar-refractivity contribution in [1.29, 1.82) is 0 Å². The molecule has 4 aromatic carbocycles. The summed E-state index contributed by atoms with van der Waals surface area (Å²) < 4.78 is 4.43. The maximum Gasteiger partial charge on any atom is 0.140 e. The summed E-state index contributed by atoms with van der Waals surface area (Å²) in [4.78, 5) is 5.15. The van der Waals surface area contributed by atoms with E-state index in [0.717, 1.165) is 39.1 Å². The van der Waals surface area contributed by atoms with Crippen LogP contribution in [0.3, 0.4) is 0 Å². The highest BCUT2D eigenvalue weighted by Gasteiger charge is 2.15. The summed E-state index contributed by atoms with van der Waals surface area (Å²) in [6.45, 7) is 0. The first kappa shape index (κ1) is 17.2. The summed E-state index contributed by atoms with van der Waals surface area (Å²) >= 11 is 0. The van der Waals surface area contributed by atoms with E-state index in [4.69, 9.17) is 4.98 Å². The smallest absolute Gasteiger partial charge is 0.140 e. The second kappa shape index (κ2) is 6.47. The van der Waals surface area contributed by atoms with Crippen molar-refractivity contribution in [2.45, 2.75) is 0 Å². The lowest BCUT2D eigenvalue weighted by Gasteiger charge is -2.11. The van der Waals surface area contributed by atoms with E-state index in [-0.39, 0.29) is 0 Å². The molecule has 0 spiro atoms. The first-order chi connectivity index (χ1) is 15.9. The zero-order chi connectivity index (χ0) is 21.1. The van der Waals surface area contributed by atoms with Gasteiger partial charge in [0.2, 0.25) is 0 Å². The van der Waals surface area contributed by atoms with Crippen LogP contribution in [0.4, 0.5) is 0 Å². The molecule has 0 atom stereocenters. The first-order valence-electron chi connectivity index (χ1n) is 10.7. The minimum atomic E-state index is 0.867. The Balaban J connectivity index is 1.55. The van der Waals surface area contributed by atoms with E-state index in [1.54, 1.807) is 0 Å². The van der Waals surface area contributed by atoms with Crippen molar-refractivity contribution in [3.05, 3.63) is 115 Å². The second-order valence-corrected chi connectivity index (χ2v) is 7.94. The quantitative estimate of drug-likeness (QED) is 0.306. The summed E-state index contributed by atoms with van der Waals surface area (Å²) in [6.07, 6.45) is 0. The largest absolute Gasteiger partial charge is 0.294 e. The SMILES string of the molecule is c1ccc2c3ccccc3n(-c3cccc(-n4c5ccccc5c5ccccc54)n3)c2c#1. The molecule has 0 bridgehead atoms. The zero-order valence-corrected chi connectivity index (χ0v) is 17.2. The third-order valence-corrected chi connectivity index (χ3v) is 6.20. The molecule has 7 rings (SSSR count). The fourth-order valence-corrected chi connectivity index (χ4v) is 4.86. The Bertz CT molecular complexity index is 1550. The highest BCUT2D eigenvalue weighted by Crippen LogP contribution is 2.33. The Morgan fingerprint density at radius 3 is 1.69 bits per heavy atom. The lowest BCUT2D eigenvalue weighted by molar-refractivity contribution is 1.01. The predicted octanol–water partition coefficient (Wildman–Crippen LogP) is 6.88. The Morgan fingerprint density at radius 2 is 1.03 bits per heavy atom. The van der Waals surface area contributed by atoms with E-state index >= 15 is 0 Å². The number of nitrogens with zero attached hydrogens (tertiary/aromatic N) is 3. The molecule has 3 aromatic heterocycles. The van der Waals surface area contributed by atoms with Crippen molar-refractivity contribution >= 4 is 43.6 Å². The van der Waals surface area contributed by atoms with Crippen LogP contribution in [0, 0.1) is 12.1 Å². The summed E-state index contributed by atoms with van der Waals surface area (Å²) in [5.74, 6) is 1.76. The molecule has 32 heavy (non-hydrogen) atoms. The topological polar surface area (TPSA) is 22.8 Å². The normalized spacial score (nSPS) is 11.5. The van der Waals surface area contributed by atoms with Crippen molar-refractivity contribution in [3.8, 4) is 11.6 Å². The average Bonchev–Trinajstić information content (AvgIpc) is 3.37. The molecule has 0 aliphatic carbocycles. The Kier molecular flexibility index (Phi) is 3.47. The number of aromatic nitrogens is 3. The molecule has 0 N–H and O–H groups in total. The maximum atomic E-state index is 5.15. The highest BCUT2D eigenvalue weighted by molar-refractivity contribution is 6.09. The molecule has 3 nitrogen and oxygen atoms in total. The van der Waals surface area contributed by atoms with Gasteiger partial charge >= 0.3 is 0 Å². The van der Waals surface area contributed by atoms with Gasteiger partial charge in [-0.15, -0.1) is 0 Å². The van der Waals surface area contributed by atoms with Crippen molar-refractivity contribution in [2.24, 2.45) is 0 Å². The standard InChI is InChI=1S/C29H17N3/c1-5-14-24-20(10-1)21-11-2-6-15-25(21)31(24)28-18-9-19-29(30-28)32-26-16-7-3-12-22(26)23-13-4-8-17-27(23)32/h1-7,9-16,18-19H. The number of benzene rings is 3. The van der Waals surface area contributed by atoms with E-state index in [1.165, 1.54) is 16.2 Å². The summed E-state index contributed by atoms with van der Waals surface area (Å²) in [7, 11) is 0. The highest BCUT2D eigenvalue weighted by atomic mass is 15.1. The van der Waals surface area contributed by atoms with Gasteiger partial charge in [0.1, 0.15) is 17.2 Å². The molecule has 0 amide bonds. The van der Waals surface area contributed by atoms with Gasteiger partial charge in [-0.3, -0.25) is 9.13 Å². The van der Waals surface area contributed by atoms with Gasteiger partial charge in [-0.1, -0.05) is 66.7 Å². The monoisotopic (exact) mass is 407 g/mol. The number of rotatable bonds is 2. The van der Waals surface area contributed by atoms with Crippen molar-refractivity contribution in [3.63, 3.8) is 0 Å². The Labute approximate surface area is 184 Å². The Morgan fingerprint density at radius 1 is 0.500 bits per heavy atom. The third-order valence-electron chi connectivity index (χ3n) is 6.20. The second-order valence-electron chi connectivity index (χ2n) is 7.94. The molecule has 148 valence electrons. The summed E-state index contributed by atoms with van der Waals surface area (Å²) in [5.41, 5.74) is 4.41. The molecule has 0 saturated carbocycles. The van der Waals surface area contributed by atoms with Crippen molar-refractivity contribution < 1.29 is 0 Å². The van der Waals surface area contributed by atoms with Gasteiger partial charge in [-0.2, -0.15) is 0 Å². The fraction of sp³-hybridized carbons (Fsp3) is 0. The number of hydrogen-bond acceptors (Lipinski definition) is 1. The van der Waals surface area contributed by atoms with E-state index in [0.29, 0.717) is 0 Å². The summed E-state index contributed by atoms with van der Waals surface area (Å²) in [6, 6.07) is 42.1. The zero-order valence-electron chi connectivity index (χ0n) is 17.2. The average molecular weight is 407 g/mol. The van der Waals surface area contributed by atoms with Gasteiger partial charge in [0.15, 0.2) is 0 Å². The van der Waals surface area contributed by atoms with Crippen molar-refractivity contribution in [2.75, 3.05) is 0 Å². The molecule has 0 fully saturated rings. The van der Waals surface area contributed by atoms with Gasteiger partial charge in [-0.05, 0) is 48.5 Å². The molecule has 3 heteroatoms. The number of para-hydroxylation sites is 3. The van der Waals surface area contributed by atoms with Crippen LogP contribution in [-0.4, -0.2) is 14.1 Å². The van der Waals surface area contributed by atoms with E-state index in [2.05, 4.69) is 118 Å². The van der Waals surface area contributed by atoms with Crippen LogP contribution in [0.15, 0.2) is 103 Å². The lowest BCUT2D eigenvalue weighted by Crippen LogP contribution is -2.02. The molecule has 0 aliphatic heterocycles. The number of pyridine rings is 1. The number of fused-ring (bicyclic) bond motifs is 6. The molecular weight excluding hydrogens is 390 g/mol. The first-order valence-corrected chi connectivity index (χ1v) is 10.7. The molecule has 0 saturated heterocycles. The van der Waals surface area contributed by atoms with Gasteiger partial charge in [0, 0.05) is 21.5 Å². The third kappa shape index (κ3) is 2.29. The van der Waals surface area contributed by atoms with Crippen LogP contribution in [0.5, 0.6) is 0 Å². The van der Waals surface area contributed by atoms with E-state index < -0.39 is 0 Å². The maximum absolute atomic E-state index is 5.15. The van der Waals surface area contributed by atoms with Crippen LogP contribution in [0.1, 0.15) is 0 Å². The minimum Gasteiger partial charge on any atom is -0.294 e. The van der Waals surface area contributed by atoms with E-state index in [9.17, 15) is 0 Å². The van der Waals surface area contributed by atoms with Gasteiger partial charge < -0.3 is 0 Å². The molecule has 0 aliphatic rings. The Hall–Kier alpha value is -4.55. The molecule has 0 radical (unpaired) electrons. The van der Waals surface area contributed by atoms with Gasteiger partial charge in [-0.25, -0.2) is 4.98 Å². The van der Waals surface area contributed by atoms with E-state index in [1.807, 2.05) is 6.07 Å². The lowest BCUT2D eigenvalue weighted by atomic mass is 10.2. The fourth-order valence-electron chi connectivity index (χ4n) is 4.86. The summed E-state index contributed by atoms with van der Waals surface area (Å²) in [5, 5.41) is 4.81. The number of hydrogen-bond donors (Lipinski definition) is 0. The molecule has 0 unspecified atom stereocenters. The minimum absolute atomic E-state index is 0.867. The molecule has 7 aromatic rings. The van der Waals surface area contributed by atoms with Gasteiger partial charge in [0.25, 0.3) is 0 Å². The van der Waals surface area contributed by atoms with Crippen LogP contribution in [0.25, 0.3) is 55.2 Å². The predicted molar refractivity (Wildman–Crippen MR) is 131 cm³/mol. The van der Waals surface area contributed by atoms with Crippen LogP contribution in [0.2, 0.25) is 0 Å². The van der Waals surface area contributed by atoms with Crippen LogP contribution < -0.4 is 0 Å². The van der Waals surface area contributed by atoms with Gasteiger partial charge in [0.05, 0.1) is 16.6 Å². The molecular formula is C29H17N3. The van der Waals surface area contributed by atoms with Crippen LogP contribution in [-0.2, 0) is 0 Å². The van der Waals surface area contributed by atoms with Crippen molar-refractivity contribution in [1.82, 2.24) is 14.1 Å².